The Morgan fingerprint density at radius 3 is 2.84 bits per heavy atom. The molecule has 0 saturated heterocycles. The van der Waals surface area contributed by atoms with Gasteiger partial charge in [-0.05, 0) is 24.6 Å². The lowest BCUT2D eigenvalue weighted by molar-refractivity contribution is 0.0690. The Labute approximate surface area is 112 Å². The molecule has 0 saturated carbocycles. The lowest BCUT2D eigenvalue weighted by atomic mass is 10.1. The van der Waals surface area contributed by atoms with E-state index < -0.39 is 6.10 Å². The molecule has 0 fully saturated rings. The fourth-order valence-electron chi connectivity index (χ4n) is 1.86. The molecular formula is C15H18O4. The van der Waals surface area contributed by atoms with Crippen LogP contribution in [0.4, 0.5) is 0 Å². The second kappa shape index (κ2) is 6.52. The maximum absolute atomic E-state index is 10.2. The Bertz CT molecular complexity index is 518. The summed E-state index contributed by atoms with van der Waals surface area (Å²) in [4.78, 5) is 0. The molecule has 0 spiro atoms. The van der Waals surface area contributed by atoms with Crippen LogP contribution in [0, 0.1) is 6.92 Å². The number of furan rings is 1. The first-order valence-electron chi connectivity index (χ1n) is 6.22. The smallest absolute Gasteiger partial charge is 0.137 e. The summed E-state index contributed by atoms with van der Waals surface area (Å²) in [5.74, 6) is 1.13. The first kappa shape index (κ1) is 13.8. The van der Waals surface area contributed by atoms with Crippen molar-refractivity contribution in [2.45, 2.75) is 19.6 Å². The average molecular weight is 262 g/mol. The molecule has 2 rings (SSSR count). The average Bonchev–Trinajstić information content (AvgIpc) is 2.87. The molecule has 0 bridgehead atoms. The lowest BCUT2D eigenvalue weighted by Crippen LogP contribution is -1.99. The van der Waals surface area contributed by atoms with Crippen molar-refractivity contribution in [1.29, 1.82) is 0 Å². The Kier molecular flexibility index (Phi) is 4.74. The molecule has 0 radical (unpaired) electrons. The molecule has 2 aromatic rings. The highest BCUT2D eigenvalue weighted by Crippen LogP contribution is 2.24. The van der Waals surface area contributed by atoms with Crippen LogP contribution in [0.2, 0.25) is 0 Å². The third-order valence-electron chi connectivity index (χ3n) is 2.79. The lowest BCUT2D eigenvalue weighted by Gasteiger charge is -2.08. The molecule has 4 nitrogen and oxygen atoms in total. The summed E-state index contributed by atoms with van der Waals surface area (Å²) < 4.78 is 10.7. The number of aryl methyl sites for hydroxylation is 1. The van der Waals surface area contributed by atoms with Crippen LogP contribution in [-0.2, 0) is 11.3 Å². The molecular weight excluding hydrogens is 244 g/mol. The number of aliphatic hydroxyl groups excluding tert-OH is 2. The van der Waals surface area contributed by atoms with Gasteiger partial charge < -0.3 is 19.4 Å². The summed E-state index contributed by atoms with van der Waals surface area (Å²) in [6, 6.07) is 11.2. The molecule has 0 aliphatic carbocycles. The zero-order valence-electron chi connectivity index (χ0n) is 10.9. The Morgan fingerprint density at radius 1 is 1.26 bits per heavy atom. The molecule has 0 aliphatic heterocycles. The quantitative estimate of drug-likeness (QED) is 0.783. The van der Waals surface area contributed by atoms with Gasteiger partial charge in [-0.3, -0.25) is 0 Å². The van der Waals surface area contributed by atoms with Crippen LogP contribution in [0.15, 0.2) is 40.8 Å². The van der Waals surface area contributed by atoms with Crippen LogP contribution in [0.25, 0.3) is 0 Å². The van der Waals surface area contributed by atoms with E-state index in [2.05, 4.69) is 0 Å². The SMILES string of the molecule is Cc1cccc(C(O)c2ccc(COCCO)o2)c1. The van der Waals surface area contributed by atoms with Crippen LogP contribution < -0.4 is 0 Å². The first-order valence-corrected chi connectivity index (χ1v) is 6.22. The normalized spacial score (nSPS) is 12.6. The van der Waals surface area contributed by atoms with Gasteiger partial charge in [0, 0.05) is 0 Å². The van der Waals surface area contributed by atoms with Crippen molar-refractivity contribution in [3.05, 3.63) is 59.0 Å². The number of ether oxygens (including phenoxy) is 1. The van der Waals surface area contributed by atoms with Gasteiger partial charge in [-0.25, -0.2) is 0 Å². The van der Waals surface area contributed by atoms with Crippen molar-refractivity contribution >= 4 is 0 Å². The van der Waals surface area contributed by atoms with E-state index >= 15 is 0 Å². The Balaban J connectivity index is 2.05. The summed E-state index contributed by atoms with van der Waals surface area (Å²) in [7, 11) is 0. The summed E-state index contributed by atoms with van der Waals surface area (Å²) in [5, 5.41) is 18.8. The zero-order valence-corrected chi connectivity index (χ0v) is 10.9. The first-order chi connectivity index (χ1) is 9.20. The van der Waals surface area contributed by atoms with E-state index in [0.717, 1.165) is 11.1 Å². The highest BCUT2D eigenvalue weighted by molar-refractivity contribution is 5.28. The minimum atomic E-state index is -0.772. The van der Waals surface area contributed by atoms with E-state index in [9.17, 15) is 5.11 Å². The van der Waals surface area contributed by atoms with Crippen molar-refractivity contribution in [2.24, 2.45) is 0 Å². The van der Waals surface area contributed by atoms with E-state index in [1.165, 1.54) is 0 Å². The van der Waals surface area contributed by atoms with Crippen LogP contribution in [0.1, 0.15) is 28.8 Å². The van der Waals surface area contributed by atoms with E-state index in [1.807, 2.05) is 31.2 Å². The number of benzene rings is 1. The largest absolute Gasteiger partial charge is 0.460 e. The predicted octanol–water partition coefficient (Wildman–Crippen LogP) is 2.18. The van der Waals surface area contributed by atoms with E-state index in [1.54, 1.807) is 12.1 Å². The van der Waals surface area contributed by atoms with Gasteiger partial charge in [0.05, 0.1) is 13.2 Å². The van der Waals surface area contributed by atoms with Gasteiger partial charge in [0.2, 0.25) is 0 Å². The van der Waals surface area contributed by atoms with Crippen molar-refractivity contribution in [2.75, 3.05) is 13.2 Å². The second-order valence-electron chi connectivity index (χ2n) is 4.40. The van der Waals surface area contributed by atoms with E-state index in [-0.39, 0.29) is 13.2 Å². The second-order valence-corrected chi connectivity index (χ2v) is 4.40. The topological polar surface area (TPSA) is 62.8 Å². The van der Waals surface area contributed by atoms with Crippen LogP contribution in [0.5, 0.6) is 0 Å². The Hall–Kier alpha value is -1.62. The van der Waals surface area contributed by atoms with Crippen LogP contribution >= 0.6 is 0 Å². The number of hydrogen-bond donors (Lipinski definition) is 2. The van der Waals surface area contributed by atoms with Gasteiger partial charge in [-0.15, -0.1) is 0 Å². The summed E-state index contributed by atoms with van der Waals surface area (Å²) in [6.07, 6.45) is -0.772. The molecule has 0 aliphatic rings. The predicted molar refractivity (Wildman–Crippen MR) is 70.7 cm³/mol. The number of rotatable bonds is 6. The number of aliphatic hydroxyl groups is 2. The maximum Gasteiger partial charge on any atom is 0.137 e. The van der Waals surface area contributed by atoms with Crippen molar-refractivity contribution in [3.63, 3.8) is 0 Å². The van der Waals surface area contributed by atoms with Crippen molar-refractivity contribution in [3.8, 4) is 0 Å². The summed E-state index contributed by atoms with van der Waals surface area (Å²) >= 11 is 0. The third-order valence-corrected chi connectivity index (χ3v) is 2.79. The molecule has 1 heterocycles. The Morgan fingerprint density at radius 2 is 2.11 bits per heavy atom. The standard InChI is InChI=1S/C15H18O4/c1-11-3-2-4-12(9-11)15(17)14-6-5-13(19-14)10-18-8-7-16/h2-6,9,15-17H,7-8,10H2,1H3. The maximum atomic E-state index is 10.2. The molecule has 19 heavy (non-hydrogen) atoms. The van der Waals surface area contributed by atoms with E-state index in [0.29, 0.717) is 18.1 Å². The minimum absolute atomic E-state index is 0.0144. The minimum Gasteiger partial charge on any atom is -0.460 e. The summed E-state index contributed by atoms with van der Waals surface area (Å²) in [6.45, 7) is 2.53. The molecule has 102 valence electrons. The van der Waals surface area contributed by atoms with Crippen LogP contribution in [0.3, 0.4) is 0 Å². The summed E-state index contributed by atoms with van der Waals surface area (Å²) in [5.41, 5.74) is 1.90. The molecule has 0 amide bonds. The molecule has 2 N–H and O–H groups in total. The number of hydrogen-bond acceptors (Lipinski definition) is 4. The van der Waals surface area contributed by atoms with Crippen molar-refractivity contribution < 1.29 is 19.4 Å². The van der Waals surface area contributed by atoms with Gasteiger partial charge >= 0.3 is 0 Å². The molecule has 1 atom stereocenters. The van der Waals surface area contributed by atoms with Gasteiger partial charge in [0.25, 0.3) is 0 Å². The molecule has 1 unspecified atom stereocenters. The van der Waals surface area contributed by atoms with Gasteiger partial charge in [0.1, 0.15) is 24.2 Å². The van der Waals surface area contributed by atoms with Gasteiger partial charge in [-0.2, -0.15) is 0 Å². The van der Waals surface area contributed by atoms with Gasteiger partial charge in [-0.1, -0.05) is 29.8 Å². The van der Waals surface area contributed by atoms with Gasteiger partial charge in [0.15, 0.2) is 0 Å². The van der Waals surface area contributed by atoms with E-state index in [4.69, 9.17) is 14.3 Å². The highest BCUT2D eigenvalue weighted by Gasteiger charge is 2.14. The fourth-order valence-corrected chi connectivity index (χ4v) is 1.86. The highest BCUT2D eigenvalue weighted by atomic mass is 16.5. The molecule has 1 aromatic carbocycles. The van der Waals surface area contributed by atoms with Crippen molar-refractivity contribution in [1.82, 2.24) is 0 Å². The zero-order chi connectivity index (χ0) is 13.7. The molecule has 4 heteroatoms. The monoisotopic (exact) mass is 262 g/mol. The fraction of sp³-hybridized carbons (Fsp3) is 0.333. The molecule has 1 aromatic heterocycles. The third kappa shape index (κ3) is 3.67. The van der Waals surface area contributed by atoms with Crippen LogP contribution in [-0.4, -0.2) is 23.4 Å².